The minimum absolute atomic E-state index is 0.986. The molecule has 1 aromatic carbocycles. The SMILES string of the molecule is CN=C(C)c1ccc(C(C)=Nc2c(C)cc(C)cc2C)[nH]1. The van der Waals surface area contributed by atoms with Gasteiger partial charge in [-0.2, -0.15) is 0 Å². The van der Waals surface area contributed by atoms with E-state index in [-0.39, 0.29) is 0 Å². The molecule has 0 spiro atoms. The van der Waals surface area contributed by atoms with E-state index in [0.29, 0.717) is 0 Å². The highest BCUT2D eigenvalue weighted by Gasteiger charge is 2.07. The Kier molecular flexibility index (Phi) is 4.41. The van der Waals surface area contributed by atoms with Crippen LogP contribution in [-0.2, 0) is 0 Å². The van der Waals surface area contributed by atoms with E-state index in [1.165, 1.54) is 16.7 Å². The maximum atomic E-state index is 4.81. The molecule has 0 radical (unpaired) electrons. The second kappa shape index (κ2) is 6.08. The first-order chi connectivity index (χ1) is 9.92. The predicted molar refractivity (Wildman–Crippen MR) is 91.5 cm³/mol. The molecule has 0 amide bonds. The van der Waals surface area contributed by atoms with Crippen LogP contribution in [0.1, 0.15) is 41.9 Å². The molecule has 0 aliphatic rings. The number of nitrogens with zero attached hydrogens (tertiary/aromatic N) is 2. The van der Waals surface area contributed by atoms with Gasteiger partial charge in [0, 0.05) is 7.05 Å². The van der Waals surface area contributed by atoms with Gasteiger partial charge in [0.25, 0.3) is 0 Å². The lowest BCUT2D eigenvalue weighted by Gasteiger charge is -2.08. The van der Waals surface area contributed by atoms with Crippen LogP contribution in [0.5, 0.6) is 0 Å². The molecule has 0 aliphatic heterocycles. The first kappa shape index (κ1) is 15.2. The van der Waals surface area contributed by atoms with Crippen molar-refractivity contribution in [3.8, 4) is 0 Å². The highest BCUT2D eigenvalue weighted by molar-refractivity contribution is 6.02. The minimum Gasteiger partial charge on any atom is -0.353 e. The van der Waals surface area contributed by atoms with Crippen molar-refractivity contribution in [2.24, 2.45) is 9.98 Å². The summed E-state index contributed by atoms with van der Waals surface area (Å²) in [6.07, 6.45) is 0. The van der Waals surface area contributed by atoms with E-state index in [9.17, 15) is 0 Å². The van der Waals surface area contributed by atoms with Crippen LogP contribution in [0.4, 0.5) is 5.69 Å². The van der Waals surface area contributed by atoms with Gasteiger partial charge in [-0.15, -0.1) is 0 Å². The number of H-pyrrole nitrogens is 1. The molecule has 1 N–H and O–H groups in total. The van der Waals surface area contributed by atoms with E-state index in [1.807, 2.05) is 19.9 Å². The molecule has 110 valence electrons. The lowest BCUT2D eigenvalue weighted by atomic mass is 10.1. The summed E-state index contributed by atoms with van der Waals surface area (Å²) < 4.78 is 0. The van der Waals surface area contributed by atoms with Crippen molar-refractivity contribution < 1.29 is 0 Å². The van der Waals surface area contributed by atoms with Gasteiger partial charge in [-0.25, -0.2) is 0 Å². The van der Waals surface area contributed by atoms with Gasteiger partial charge in [0.05, 0.1) is 28.5 Å². The molecule has 0 atom stereocenters. The van der Waals surface area contributed by atoms with Crippen LogP contribution < -0.4 is 0 Å². The van der Waals surface area contributed by atoms with Crippen molar-refractivity contribution in [1.29, 1.82) is 0 Å². The number of benzene rings is 1. The Hall–Kier alpha value is -2.16. The molecule has 0 bridgehead atoms. The smallest absolute Gasteiger partial charge is 0.0692 e. The third-order valence-corrected chi connectivity index (χ3v) is 3.72. The van der Waals surface area contributed by atoms with Crippen LogP contribution in [0.2, 0.25) is 0 Å². The van der Waals surface area contributed by atoms with Gasteiger partial charge >= 0.3 is 0 Å². The topological polar surface area (TPSA) is 40.5 Å². The van der Waals surface area contributed by atoms with Gasteiger partial charge in [-0.1, -0.05) is 17.7 Å². The van der Waals surface area contributed by atoms with Gasteiger partial charge in [0.15, 0.2) is 0 Å². The van der Waals surface area contributed by atoms with Crippen molar-refractivity contribution in [2.45, 2.75) is 34.6 Å². The highest BCUT2D eigenvalue weighted by Crippen LogP contribution is 2.26. The Morgan fingerprint density at radius 2 is 1.43 bits per heavy atom. The van der Waals surface area contributed by atoms with E-state index in [0.717, 1.165) is 28.5 Å². The molecule has 3 heteroatoms. The number of hydrogen-bond donors (Lipinski definition) is 1. The summed E-state index contributed by atoms with van der Waals surface area (Å²) in [7, 11) is 1.80. The lowest BCUT2D eigenvalue weighted by molar-refractivity contribution is 1.26. The molecule has 2 aromatic rings. The van der Waals surface area contributed by atoms with Crippen LogP contribution in [0.3, 0.4) is 0 Å². The summed E-state index contributed by atoms with van der Waals surface area (Å²) >= 11 is 0. The van der Waals surface area contributed by atoms with Gasteiger partial charge in [-0.05, 0) is 57.9 Å². The monoisotopic (exact) mass is 281 g/mol. The van der Waals surface area contributed by atoms with E-state index < -0.39 is 0 Å². The molecule has 1 heterocycles. The zero-order valence-electron chi connectivity index (χ0n) is 13.7. The molecule has 0 unspecified atom stereocenters. The molecular weight excluding hydrogens is 258 g/mol. The number of aliphatic imine (C=N–C) groups is 2. The summed E-state index contributed by atoms with van der Waals surface area (Å²) in [5, 5.41) is 0. The van der Waals surface area contributed by atoms with Crippen molar-refractivity contribution in [3.05, 3.63) is 52.3 Å². The maximum Gasteiger partial charge on any atom is 0.0692 e. The molecule has 0 saturated heterocycles. The summed E-state index contributed by atoms with van der Waals surface area (Å²) in [5.74, 6) is 0. The second-order valence-electron chi connectivity index (χ2n) is 5.54. The second-order valence-corrected chi connectivity index (χ2v) is 5.54. The quantitative estimate of drug-likeness (QED) is 0.804. The number of aromatic nitrogens is 1. The van der Waals surface area contributed by atoms with Gasteiger partial charge in [0.2, 0.25) is 0 Å². The fraction of sp³-hybridized carbons (Fsp3) is 0.333. The standard InChI is InChI=1S/C18H23N3/c1-11-9-12(2)18(13(3)10-11)20-15(5)17-8-7-16(21-17)14(4)19-6/h7-10,21H,1-6H3. The van der Waals surface area contributed by atoms with Crippen molar-refractivity contribution in [2.75, 3.05) is 7.05 Å². The normalized spacial score (nSPS) is 12.9. The number of nitrogens with one attached hydrogen (secondary N) is 1. The maximum absolute atomic E-state index is 4.81. The fourth-order valence-corrected chi connectivity index (χ4v) is 2.51. The number of aromatic amines is 1. The van der Waals surface area contributed by atoms with Crippen molar-refractivity contribution >= 4 is 17.1 Å². The van der Waals surface area contributed by atoms with Gasteiger partial charge < -0.3 is 4.98 Å². The van der Waals surface area contributed by atoms with Crippen LogP contribution in [-0.4, -0.2) is 23.5 Å². The van der Waals surface area contributed by atoms with Crippen LogP contribution in [0.15, 0.2) is 34.3 Å². The van der Waals surface area contributed by atoms with Crippen molar-refractivity contribution in [3.63, 3.8) is 0 Å². The molecular formula is C18H23N3. The third kappa shape index (κ3) is 3.30. The average Bonchev–Trinajstić information content (AvgIpc) is 2.91. The Labute approximate surface area is 126 Å². The highest BCUT2D eigenvalue weighted by atomic mass is 14.8. The first-order valence-electron chi connectivity index (χ1n) is 7.18. The summed E-state index contributed by atoms with van der Waals surface area (Å²) in [4.78, 5) is 12.4. The summed E-state index contributed by atoms with van der Waals surface area (Å²) in [6, 6.07) is 8.45. The first-order valence-corrected chi connectivity index (χ1v) is 7.18. The van der Waals surface area contributed by atoms with E-state index in [4.69, 9.17) is 4.99 Å². The predicted octanol–water partition coefficient (Wildman–Crippen LogP) is 4.52. The molecule has 2 rings (SSSR count). The zero-order valence-corrected chi connectivity index (χ0v) is 13.7. The molecule has 1 aromatic heterocycles. The average molecular weight is 281 g/mol. The van der Waals surface area contributed by atoms with Gasteiger partial charge in [0.1, 0.15) is 0 Å². The number of rotatable bonds is 3. The summed E-state index contributed by atoms with van der Waals surface area (Å²) in [6.45, 7) is 10.4. The number of hydrogen-bond acceptors (Lipinski definition) is 2. The van der Waals surface area contributed by atoms with Crippen LogP contribution in [0, 0.1) is 20.8 Å². The fourth-order valence-electron chi connectivity index (χ4n) is 2.51. The summed E-state index contributed by atoms with van der Waals surface area (Å²) in [5.41, 5.74) is 8.83. The van der Waals surface area contributed by atoms with E-state index in [2.05, 4.69) is 48.9 Å². The van der Waals surface area contributed by atoms with Crippen LogP contribution >= 0.6 is 0 Å². The third-order valence-electron chi connectivity index (χ3n) is 3.72. The van der Waals surface area contributed by atoms with Crippen molar-refractivity contribution in [1.82, 2.24) is 4.98 Å². The Morgan fingerprint density at radius 1 is 0.905 bits per heavy atom. The lowest BCUT2D eigenvalue weighted by Crippen LogP contribution is -1.99. The van der Waals surface area contributed by atoms with Gasteiger partial charge in [-0.3, -0.25) is 9.98 Å². The Balaban J connectivity index is 2.40. The molecule has 21 heavy (non-hydrogen) atoms. The molecule has 0 aliphatic carbocycles. The zero-order chi connectivity index (χ0) is 15.6. The van der Waals surface area contributed by atoms with E-state index >= 15 is 0 Å². The Bertz CT molecular complexity index is 695. The number of aryl methyl sites for hydroxylation is 3. The Morgan fingerprint density at radius 3 is 1.95 bits per heavy atom. The minimum atomic E-state index is 0.986. The molecule has 0 saturated carbocycles. The molecule has 0 fully saturated rings. The van der Waals surface area contributed by atoms with Crippen LogP contribution in [0.25, 0.3) is 0 Å². The molecule has 3 nitrogen and oxygen atoms in total. The largest absolute Gasteiger partial charge is 0.353 e. The van der Waals surface area contributed by atoms with E-state index in [1.54, 1.807) is 7.05 Å².